The third-order valence-corrected chi connectivity index (χ3v) is 4.19. The summed E-state index contributed by atoms with van der Waals surface area (Å²) < 4.78 is 90.7. The van der Waals surface area contributed by atoms with Gasteiger partial charge < -0.3 is 9.47 Å². The van der Waals surface area contributed by atoms with Gasteiger partial charge in [-0.15, -0.1) is 0 Å². The van der Waals surface area contributed by atoms with Gasteiger partial charge in [0.05, 0.1) is 5.69 Å². The van der Waals surface area contributed by atoms with E-state index in [0.717, 1.165) is 21.8 Å². The van der Waals surface area contributed by atoms with Gasteiger partial charge in [0.1, 0.15) is 18.6 Å². The predicted molar refractivity (Wildman–Crippen MR) is 102 cm³/mol. The van der Waals surface area contributed by atoms with Crippen LogP contribution in [-0.4, -0.2) is 42.6 Å². The zero-order chi connectivity index (χ0) is 23.2. The van der Waals surface area contributed by atoms with Crippen LogP contribution in [0.25, 0.3) is 0 Å². The Hall–Kier alpha value is -2.61. The van der Waals surface area contributed by atoms with E-state index in [0.29, 0.717) is 17.9 Å². The average molecular weight is 472 g/mol. The fourth-order valence-corrected chi connectivity index (χ4v) is 2.57. The topological polar surface area (TPSA) is 68.7 Å². The summed E-state index contributed by atoms with van der Waals surface area (Å²) in [6, 6.07) is 5.36. The van der Waals surface area contributed by atoms with Crippen LogP contribution in [-0.2, 0) is 4.28 Å². The second-order valence-corrected chi connectivity index (χ2v) is 7.06. The van der Waals surface area contributed by atoms with Gasteiger partial charge in [-0.1, -0.05) is 6.07 Å². The lowest BCUT2D eigenvalue weighted by molar-refractivity contribution is -0.154. The van der Waals surface area contributed by atoms with Crippen LogP contribution in [0.4, 0.5) is 37.7 Å². The molecule has 0 aliphatic carbocycles. The Morgan fingerprint density at radius 1 is 0.935 bits per heavy atom. The number of ether oxygens (including phenoxy) is 2. The number of anilines is 2. The summed E-state index contributed by atoms with van der Waals surface area (Å²) in [7, 11) is 1.30. The molecule has 1 N–H and O–H groups in total. The van der Waals surface area contributed by atoms with Crippen LogP contribution in [0.2, 0.25) is 0 Å². The number of rotatable bonds is 9. The van der Waals surface area contributed by atoms with Crippen molar-refractivity contribution in [2.24, 2.45) is 0 Å². The van der Waals surface area contributed by atoms with Crippen molar-refractivity contribution in [2.75, 3.05) is 30.0 Å². The number of alkyl halides is 6. The molecule has 14 heteroatoms. The van der Waals surface area contributed by atoms with Gasteiger partial charge in [-0.05, 0) is 37.1 Å². The summed E-state index contributed by atoms with van der Waals surface area (Å²) in [5, 5.41) is 0. The highest BCUT2D eigenvalue weighted by atomic mass is 32.2. The maximum Gasteiger partial charge on any atom is 0.422 e. The van der Waals surface area contributed by atoms with Crippen molar-refractivity contribution >= 4 is 23.6 Å². The van der Waals surface area contributed by atoms with Gasteiger partial charge in [-0.3, -0.25) is 9.79 Å². The number of hydrogen-bond donors (Lipinski definition) is 1. The summed E-state index contributed by atoms with van der Waals surface area (Å²) in [4.78, 5) is 7.14. The van der Waals surface area contributed by atoms with E-state index in [1.165, 1.54) is 7.05 Å². The maximum atomic E-state index is 12.5. The molecule has 2 rings (SSSR count). The third-order valence-electron chi connectivity index (χ3n) is 3.63. The van der Waals surface area contributed by atoms with Crippen molar-refractivity contribution in [1.29, 1.82) is 0 Å². The van der Waals surface area contributed by atoms with Crippen molar-refractivity contribution in [3.8, 4) is 11.8 Å². The minimum atomic E-state index is -4.69. The van der Waals surface area contributed by atoms with Gasteiger partial charge >= 0.3 is 12.4 Å². The predicted octanol–water partition coefficient (Wildman–Crippen LogP) is 5.02. The molecule has 1 aromatic heterocycles. The number of aryl methyl sites for hydroxylation is 2. The minimum absolute atomic E-state index is 0.372. The van der Waals surface area contributed by atoms with Crippen molar-refractivity contribution in [2.45, 2.75) is 26.2 Å². The fourth-order valence-electron chi connectivity index (χ4n) is 2.09. The van der Waals surface area contributed by atoms with E-state index in [2.05, 4.69) is 24.9 Å². The molecular weight excluding hydrogens is 454 g/mol. The summed E-state index contributed by atoms with van der Waals surface area (Å²) >= 11 is 0.549. The van der Waals surface area contributed by atoms with E-state index in [1.54, 1.807) is 12.1 Å². The van der Waals surface area contributed by atoms with E-state index in [9.17, 15) is 26.3 Å². The number of aromatic nitrogens is 2. The SMILES string of the molecule is Cc1ccc(NOSN(C)c2c(OCC(F)(F)F)ncnc2OCC(F)(F)F)cc1C. The molecule has 0 bridgehead atoms. The van der Waals surface area contributed by atoms with Crippen LogP contribution < -0.4 is 19.3 Å². The molecule has 1 aromatic carbocycles. The second kappa shape index (κ2) is 10.1. The molecule has 7 nitrogen and oxygen atoms in total. The smallest absolute Gasteiger partial charge is 0.422 e. The molecule has 0 fully saturated rings. The van der Waals surface area contributed by atoms with Gasteiger partial charge in [-0.2, -0.15) is 40.6 Å². The van der Waals surface area contributed by atoms with Crippen LogP contribution >= 0.6 is 12.2 Å². The molecule has 0 unspecified atom stereocenters. The van der Waals surface area contributed by atoms with Crippen molar-refractivity contribution in [3.05, 3.63) is 35.7 Å². The van der Waals surface area contributed by atoms with Crippen LogP contribution in [0.15, 0.2) is 24.5 Å². The molecule has 31 heavy (non-hydrogen) atoms. The van der Waals surface area contributed by atoms with E-state index >= 15 is 0 Å². The molecule has 0 saturated heterocycles. The molecular formula is C17H18F6N4O3S. The van der Waals surface area contributed by atoms with Crippen LogP contribution in [0.3, 0.4) is 0 Å². The fraction of sp³-hybridized carbons (Fsp3) is 0.412. The number of nitrogens with zero attached hydrogens (tertiary/aromatic N) is 3. The van der Waals surface area contributed by atoms with E-state index in [-0.39, 0.29) is 5.69 Å². The number of nitrogens with one attached hydrogen (secondary N) is 1. The number of benzene rings is 1. The lowest BCUT2D eigenvalue weighted by atomic mass is 10.1. The van der Waals surface area contributed by atoms with Gasteiger partial charge in [0.15, 0.2) is 18.9 Å². The lowest BCUT2D eigenvalue weighted by Crippen LogP contribution is -2.23. The van der Waals surface area contributed by atoms with E-state index < -0.39 is 37.3 Å². The highest BCUT2D eigenvalue weighted by molar-refractivity contribution is 7.96. The Bertz CT molecular complexity index is 846. The summed E-state index contributed by atoms with van der Waals surface area (Å²) in [5.74, 6) is -1.26. The second-order valence-electron chi connectivity index (χ2n) is 6.20. The molecule has 1 heterocycles. The van der Waals surface area contributed by atoms with Gasteiger partial charge in [-0.25, -0.2) is 0 Å². The molecule has 0 spiro atoms. The van der Waals surface area contributed by atoms with Gasteiger partial charge in [0, 0.05) is 7.05 Å². The Labute approximate surface area is 178 Å². The molecule has 0 aliphatic heterocycles. The Kier molecular flexibility index (Phi) is 8.06. The summed E-state index contributed by atoms with van der Waals surface area (Å²) in [6.07, 6.45) is -8.65. The monoisotopic (exact) mass is 472 g/mol. The summed E-state index contributed by atoms with van der Waals surface area (Å²) in [6.45, 7) is 0.379. The zero-order valence-corrected chi connectivity index (χ0v) is 17.3. The molecule has 0 atom stereocenters. The summed E-state index contributed by atoms with van der Waals surface area (Å²) in [5.41, 5.74) is 4.84. The molecule has 0 aliphatic rings. The lowest BCUT2D eigenvalue weighted by Gasteiger charge is -2.22. The quantitative estimate of drug-likeness (QED) is 0.236. The van der Waals surface area contributed by atoms with E-state index in [4.69, 9.17) is 4.28 Å². The third kappa shape index (κ3) is 8.20. The normalized spacial score (nSPS) is 11.9. The Balaban J connectivity index is 2.17. The molecule has 0 saturated carbocycles. The Morgan fingerprint density at radius 2 is 1.48 bits per heavy atom. The first-order valence-electron chi connectivity index (χ1n) is 8.50. The van der Waals surface area contributed by atoms with Crippen molar-refractivity contribution < 1.29 is 40.1 Å². The van der Waals surface area contributed by atoms with Gasteiger partial charge in [0.25, 0.3) is 0 Å². The molecule has 0 amide bonds. The molecule has 172 valence electrons. The maximum absolute atomic E-state index is 12.5. The van der Waals surface area contributed by atoms with Gasteiger partial charge in [0.2, 0.25) is 11.8 Å². The first-order chi connectivity index (χ1) is 14.4. The minimum Gasteiger partial charge on any atom is -0.466 e. The highest BCUT2D eigenvalue weighted by Crippen LogP contribution is 2.38. The average Bonchev–Trinajstić information content (AvgIpc) is 2.66. The Morgan fingerprint density at radius 3 is 1.97 bits per heavy atom. The first kappa shape index (κ1) is 24.7. The van der Waals surface area contributed by atoms with Crippen LogP contribution in [0, 0.1) is 13.8 Å². The molecule has 2 aromatic rings. The number of halogens is 6. The molecule has 0 radical (unpaired) electrons. The number of hydrogen-bond acceptors (Lipinski definition) is 8. The zero-order valence-electron chi connectivity index (χ0n) is 16.5. The van der Waals surface area contributed by atoms with E-state index in [1.807, 2.05) is 19.9 Å². The largest absolute Gasteiger partial charge is 0.466 e. The van der Waals surface area contributed by atoms with Crippen molar-refractivity contribution in [1.82, 2.24) is 9.97 Å². The van der Waals surface area contributed by atoms with Crippen LogP contribution in [0.1, 0.15) is 11.1 Å². The van der Waals surface area contributed by atoms with Crippen molar-refractivity contribution in [3.63, 3.8) is 0 Å². The standard InChI is InChI=1S/C17H18F6N4O3S/c1-10-4-5-12(6-11(10)2)26-30-31-27(3)13-14(28-7-16(18,19)20)24-9-25-15(13)29-8-17(21,22)23/h4-6,9,26H,7-8H2,1-3H3. The highest BCUT2D eigenvalue weighted by Gasteiger charge is 2.32. The first-order valence-corrected chi connectivity index (χ1v) is 9.20. The van der Waals surface area contributed by atoms with Crippen LogP contribution in [0.5, 0.6) is 11.8 Å².